The number of nitrogens with one attached hydrogen (secondary N) is 3. The van der Waals surface area contributed by atoms with Gasteiger partial charge < -0.3 is 25.6 Å². The monoisotopic (exact) mass is 705 g/mol. The topological polar surface area (TPSA) is 129 Å². The van der Waals surface area contributed by atoms with Crippen molar-refractivity contribution < 1.29 is 41.1 Å². The number of ether oxygens (including phenoxy) is 1. The number of esters is 1. The standard InChI is InChI=1S/C34H40F5N7O4/c1-7-45(8-2)16-10-11-20(6)42-32-43-26(22-17-40-33(49)46(29(22)44-32)27-23(35)12-9-13-24(27)36)25-19(5)14-15-21(30(47)41-18(3)4)28(25)50-31(48)34(37,38)39/h9,12-15,18,20H,7-8,10-11,16-17H2,1-6H3,(H,40,49)(H,41,47)(H,42,43,44). The summed E-state index contributed by atoms with van der Waals surface area (Å²) >= 11 is 0. The molecule has 0 aliphatic carbocycles. The number of carbonyl (C=O) groups excluding carboxylic acids is 3. The van der Waals surface area contributed by atoms with E-state index >= 15 is 8.78 Å². The highest BCUT2D eigenvalue weighted by Crippen LogP contribution is 2.43. The lowest BCUT2D eigenvalue weighted by atomic mass is 9.95. The van der Waals surface area contributed by atoms with Crippen molar-refractivity contribution in [2.24, 2.45) is 0 Å². The Morgan fingerprint density at radius 2 is 1.72 bits per heavy atom. The first-order valence-electron chi connectivity index (χ1n) is 16.2. The fourth-order valence-electron chi connectivity index (χ4n) is 5.54. The number of carbonyl (C=O) groups is 3. The number of hydrogen-bond donors (Lipinski definition) is 3. The molecule has 4 rings (SSSR count). The Balaban J connectivity index is 1.98. The maximum atomic E-state index is 15.2. The Labute approximate surface area is 286 Å². The zero-order valence-corrected chi connectivity index (χ0v) is 28.6. The average Bonchev–Trinajstić information content (AvgIpc) is 3.03. The maximum Gasteiger partial charge on any atom is 0.491 e. The van der Waals surface area contributed by atoms with Gasteiger partial charge in [0.15, 0.2) is 11.6 Å². The molecule has 0 saturated heterocycles. The van der Waals surface area contributed by atoms with Gasteiger partial charge in [-0.2, -0.15) is 18.2 Å². The van der Waals surface area contributed by atoms with Crippen LogP contribution in [-0.2, 0) is 11.3 Å². The molecule has 1 aliphatic rings. The van der Waals surface area contributed by atoms with Crippen LogP contribution in [0.15, 0.2) is 30.3 Å². The summed E-state index contributed by atoms with van der Waals surface area (Å²) in [6, 6.07) is 4.01. The number of aryl methyl sites for hydroxylation is 1. The molecule has 3 N–H and O–H groups in total. The zero-order chi connectivity index (χ0) is 36.9. The van der Waals surface area contributed by atoms with Crippen LogP contribution < -0.4 is 25.6 Å². The van der Waals surface area contributed by atoms with E-state index in [2.05, 4.69) is 44.7 Å². The van der Waals surface area contributed by atoms with Crippen LogP contribution >= 0.6 is 0 Å². The molecule has 270 valence electrons. The lowest BCUT2D eigenvalue weighted by Crippen LogP contribution is -2.43. The van der Waals surface area contributed by atoms with Gasteiger partial charge in [-0.3, -0.25) is 4.79 Å². The molecule has 3 aromatic rings. The molecule has 2 heterocycles. The third-order valence-electron chi connectivity index (χ3n) is 8.05. The summed E-state index contributed by atoms with van der Waals surface area (Å²) in [6.07, 6.45) is -4.01. The molecule has 16 heteroatoms. The van der Waals surface area contributed by atoms with E-state index in [4.69, 9.17) is 4.74 Å². The molecule has 0 radical (unpaired) electrons. The first-order valence-corrected chi connectivity index (χ1v) is 16.2. The number of benzene rings is 2. The number of rotatable bonds is 13. The van der Waals surface area contributed by atoms with Gasteiger partial charge in [0.2, 0.25) is 5.95 Å². The summed E-state index contributed by atoms with van der Waals surface area (Å²) in [7, 11) is 0. The summed E-state index contributed by atoms with van der Waals surface area (Å²) in [6.45, 7) is 12.9. The summed E-state index contributed by atoms with van der Waals surface area (Å²) in [5.74, 6) is -6.75. The van der Waals surface area contributed by atoms with E-state index in [1.807, 2.05) is 6.92 Å². The number of nitrogens with zero attached hydrogens (tertiary/aromatic N) is 4. The molecule has 0 spiro atoms. The van der Waals surface area contributed by atoms with E-state index in [1.165, 1.54) is 19.1 Å². The Bertz CT molecular complexity index is 1730. The predicted octanol–water partition coefficient (Wildman–Crippen LogP) is 6.62. The first kappa shape index (κ1) is 38.0. The first-order chi connectivity index (χ1) is 23.6. The largest absolute Gasteiger partial charge is 0.491 e. The minimum Gasteiger partial charge on any atom is -0.418 e. The molecule has 0 saturated carbocycles. The molecule has 1 aliphatic heterocycles. The van der Waals surface area contributed by atoms with E-state index in [-0.39, 0.29) is 46.7 Å². The molecule has 2 aromatic carbocycles. The van der Waals surface area contributed by atoms with Gasteiger partial charge in [-0.05, 0) is 83.9 Å². The van der Waals surface area contributed by atoms with Crippen LogP contribution in [-0.4, -0.2) is 70.7 Å². The van der Waals surface area contributed by atoms with Crippen LogP contribution in [0, 0.1) is 18.6 Å². The molecule has 0 bridgehead atoms. The van der Waals surface area contributed by atoms with Gasteiger partial charge in [-0.25, -0.2) is 28.3 Å². The smallest absolute Gasteiger partial charge is 0.418 e. The van der Waals surface area contributed by atoms with Gasteiger partial charge in [0, 0.05) is 23.2 Å². The van der Waals surface area contributed by atoms with Crippen LogP contribution in [0.3, 0.4) is 0 Å². The van der Waals surface area contributed by atoms with Crippen molar-refractivity contribution in [2.75, 3.05) is 29.9 Å². The van der Waals surface area contributed by atoms with Crippen molar-refractivity contribution in [3.05, 3.63) is 58.7 Å². The van der Waals surface area contributed by atoms with Crippen molar-refractivity contribution >= 4 is 35.4 Å². The maximum absolute atomic E-state index is 15.2. The number of hydrogen-bond acceptors (Lipinski definition) is 8. The van der Waals surface area contributed by atoms with Crippen LogP contribution in [0.25, 0.3) is 11.3 Å². The molecule has 11 nitrogen and oxygen atoms in total. The molecule has 1 unspecified atom stereocenters. The molecule has 50 heavy (non-hydrogen) atoms. The number of aromatic nitrogens is 2. The summed E-state index contributed by atoms with van der Waals surface area (Å²) in [5, 5.41) is 8.24. The summed E-state index contributed by atoms with van der Waals surface area (Å²) in [5.41, 5.74) is -1.23. The fraction of sp³-hybridized carbons (Fsp3) is 0.441. The lowest BCUT2D eigenvalue weighted by molar-refractivity contribution is -0.189. The third kappa shape index (κ3) is 8.46. The van der Waals surface area contributed by atoms with Crippen LogP contribution in [0.1, 0.15) is 68.9 Å². The van der Waals surface area contributed by atoms with Gasteiger partial charge in [0.25, 0.3) is 5.91 Å². The van der Waals surface area contributed by atoms with E-state index < -0.39 is 58.8 Å². The number of alkyl halides is 3. The zero-order valence-electron chi connectivity index (χ0n) is 28.6. The molecule has 1 atom stereocenters. The second-order valence-corrected chi connectivity index (χ2v) is 12.1. The highest BCUT2D eigenvalue weighted by Gasteiger charge is 2.43. The van der Waals surface area contributed by atoms with Gasteiger partial charge >= 0.3 is 18.2 Å². The summed E-state index contributed by atoms with van der Waals surface area (Å²) < 4.78 is 76.1. The van der Waals surface area contributed by atoms with Gasteiger partial charge in [-0.1, -0.05) is 26.0 Å². The van der Waals surface area contributed by atoms with E-state index in [9.17, 15) is 27.6 Å². The fourth-order valence-corrected chi connectivity index (χ4v) is 5.54. The van der Waals surface area contributed by atoms with Gasteiger partial charge in [-0.15, -0.1) is 0 Å². The Hall–Kier alpha value is -4.86. The molecular weight excluding hydrogens is 665 g/mol. The lowest BCUT2D eigenvalue weighted by Gasteiger charge is -2.31. The normalized spacial score (nSPS) is 13.6. The van der Waals surface area contributed by atoms with Crippen molar-refractivity contribution in [3.63, 3.8) is 0 Å². The van der Waals surface area contributed by atoms with Crippen LogP contribution in [0.2, 0.25) is 0 Å². The number of halogens is 5. The highest BCUT2D eigenvalue weighted by atomic mass is 19.4. The Morgan fingerprint density at radius 1 is 1.06 bits per heavy atom. The minimum absolute atomic E-state index is 0.0285. The molecule has 1 aromatic heterocycles. The predicted molar refractivity (Wildman–Crippen MR) is 177 cm³/mol. The molecular formula is C34H40F5N7O4. The van der Waals surface area contributed by atoms with E-state index in [0.29, 0.717) is 11.3 Å². The van der Waals surface area contributed by atoms with Gasteiger partial charge in [0.1, 0.15) is 17.3 Å². The Morgan fingerprint density at radius 3 is 2.32 bits per heavy atom. The number of anilines is 3. The van der Waals surface area contributed by atoms with Crippen molar-refractivity contribution in [2.45, 2.75) is 79.2 Å². The average molecular weight is 706 g/mol. The number of amides is 3. The van der Waals surface area contributed by atoms with Crippen LogP contribution in [0.5, 0.6) is 5.75 Å². The number of fused-ring (bicyclic) bond motifs is 1. The Kier molecular flexibility index (Phi) is 12.0. The highest BCUT2D eigenvalue weighted by molar-refractivity contribution is 6.04. The van der Waals surface area contributed by atoms with E-state index in [1.54, 1.807) is 13.8 Å². The van der Waals surface area contributed by atoms with Crippen molar-refractivity contribution in [3.8, 4) is 17.0 Å². The molecule has 3 amide bonds. The van der Waals surface area contributed by atoms with Crippen LogP contribution in [0.4, 0.5) is 44.2 Å². The van der Waals surface area contributed by atoms with Crippen molar-refractivity contribution in [1.82, 2.24) is 25.5 Å². The third-order valence-corrected chi connectivity index (χ3v) is 8.05. The number of para-hydroxylation sites is 1. The quantitative estimate of drug-likeness (QED) is 0.103. The van der Waals surface area contributed by atoms with E-state index in [0.717, 1.165) is 44.3 Å². The van der Waals surface area contributed by atoms with Gasteiger partial charge in [0.05, 0.1) is 17.8 Å². The second-order valence-electron chi connectivity index (χ2n) is 12.1. The second kappa shape index (κ2) is 15.8. The summed E-state index contributed by atoms with van der Waals surface area (Å²) in [4.78, 5) is 50.9. The minimum atomic E-state index is -5.43. The number of urea groups is 1. The molecule has 0 fully saturated rings. The SMILES string of the molecule is CCN(CC)CCCC(C)Nc1nc(-c2c(C)ccc(C(=O)NC(C)C)c2OC(=O)C(F)(F)F)c2c(n1)N(c1c(F)cccc1F)C(=O)NC2. The van der Waals surface area contributed by atoms with Crippen molar-refractivity contribution in [1.29, 1.82) is 0 Å².